The molecule has 0 saturated carbocycles. The lowest BCUT2D eigenvalue weighted by Gasteiger charge is -2.19. The summed E-state index contributed by atoms with van der Waals surface area (Å²) in [5.74, 6) is 0.976. The molecule has 110 valence electrons. The molecule has 1 aromatic heterocycles. The number of nitrogens with zero attached hydrogens (tertiary/aromatic N) is 1. The van der Waals surface area contributed by atoms with E-state index in [1.807, 2.05) is 30.5 Å². The molecule has 1 aromatic carbocycles. The molecular weight excluding hydrogens is 330 g/mol. The van der Waals surface area contributed by atoms with Crippen LogP contribution in [0.5, 0.6) is 0 Å². The third-order valence-electron chi connectivity index (χ3n) is 3.81. The number of rotatable bonds is 2. The van der Waals surface area contributed by atoms with Crippen LogP contribution in [0.15, 0.2) is 34.9 Å². The van der Waals surface area contributed by atoms with E-state index in [2.05, 4.69) is 31.2 Å². The van der Waals surface area contributed by atoms with Crippen molar-refractivity contribution in [2.24, 2.45) is 0 Å². The first-order valence-corrected chi connectivity index (χ1v) is 8.12. The van der Waals surface area contributed by atoms with E-state index in [-0.39, 0.29) is 11.9 Å². The molecule has 2 N–H and O–H groups in total. The lowest BCUT2D eigenvalue weighted by Crippen LogP contribution is -2.30. The summed E-state index contributed by atoms with van der Waals surface area (Å²) in [5.41, 5.74) is 2.07. The molecule has 1 unspecified atom stereocenters. The lowest BCUT2D eigenvalue weighted by molar-refractivity contribution is -0.122. The number of aromatic nitrogens is 2. The topological polar surface area (TPSA) is 57.8 Å². The number of carbonyl (C=O) groups excluding carboxylic acids is 1. The highest BCUT2D eigenvalue weighted by molar-refractivity contribution is 9.10. The van der Waals surface area contributed by atoms with Crippen LogP contribution in [-0.2, 0) is 4.79 Å². The predicted molar refractivity (Wildman–Crippen MR) is 85.7 cm³/mol. The number of amides is 1. The number of hydrogen-bond acceptors (Lipinski definition) is 2. The Kier molecular flexibility index (Phi) is 4.39. The summed E-state index contributed by atoms with van der Waals surface area (Å²) in [7, 11) is 0. The van der Waals surface area contributed by atoms with E-state index in [0.717, 1.165) is 47.2 Å². The zero-order chi connectivity index (χ0) is 14.7. The third kappa shape index (κ3) is 3.53. The van der Waals surface area contributed by atoms with E-state index in [9.17, 15) is 4.79 Å². The van der Waals surface area contributed by atoms with Crippen LogP contribution in [0.2, 0.25) is 0 Å². The van der Waals surface area contributed by atoms with Crippen molar-refractivity contribution in [3.8, 4) is 11.3 Å². The Bertz CT molecular complexity index is 621. The highest BCUT2D eigenvalue weighted by Crippen LogP contribution is 2.24. The lowest BCUT2D eigenvalue weighted by atomic mass is 10.0. The Balaban J connectivity index is 1.79. The fourth-order valence-corrected chi connectivity index (χ4v) is 2.91. The Morgan fingerprint density at radius 1 is 1.14 bits per heavy atom. The van der Waals surface area contributed by atoms with Gasteiger partial charge in [0.2, 0.25) is 5.91 Å². The van der Waals surface area contributed by atoms with Crippen LogP contribution in [0.1, 0.15) is 44.0 Å². The van der Waals surface area contributed by atoms with Gasteiger partial charge in [0.25, 0.3) is 0 Å². The highest BCUT2D eigenvalue weighted by atomic mass is 79.9. The first-order chi connectivity index (χ1) is 10.2. The second kappa shape index (κ2) is 6.43. The molecule has 1 amide bonds. The zero-order valence-electron chi connectivity index (χ0n) is 11.7. The smallest absolute Gasteiger partial charge is 0.220 e. The molecule has 0 bridgehead atoms. The van der Waals surface area contributed by atoms with Crippen LogP contribution < -0.4 is 5.32 Å². The maximum absolute atomic E-state index is 11.8. The molecule has 1 fully saturated rings. The molecule has 0 aliphatic carbocycles. The molecule has 21 heavy (non-hydrogen) atoms. The molecule has 1 saturated heterocycles. The average molecular weight is 348 g/mol. The molecule has 1 atom stereocenters. The molecular formula is C16H18BrN3O. The number of imidazole rings is 1. The zero-order valence-corrected chi connectivity index (χ0v) is 13.3. The van der Waals surface area contributed by atoms with E-state index in [1.54, 1.807) is 0 Å². The van der Waals surface area contributed by atoms with E-state index in [0.29, 0.717) is 6.42 Å². The molecule has 0 spiro atoms. The van der Waals surface area contributed by atoms with Crippen molar-refractivity contribution in [1.29, 1.82) is 0 Å². The van der Waals surface area contributed by atoms with Gasteiger partial charge in [-0.15, -0.1) is 0 Å². The molecule has 4 nitrogen and oxygen atoms in total. The second-order valence-electron chi connectivity index (χ2n) is 5.41. The monoisotopic (exact) mass is 347 g/mol. The molecule has 2 aromatic rings. The highest BCUT2D eigenvalue weighted by Gasteiger charge is 2.19. The fraction of sp³-hybridized carbons (Fsp3) is 0.375. The molecule has 5 heteroatoms. The van der Waals surface area contributed by atoms with Gasteiger partial charge in [-0.3, -0.25) is 4.79 Å². The number of aromatic amines is 1. The van der Waals surface area contributed by atoms with E-state index >= 15 is 0 Å². The maximum Gasteiger partial charge on any atom is 0.220 e. The molecule has 0 radical (unpaired) electrons. The number of H-pyrrole nitrogens is 1. The van der Waals surface area contributed by atoms with Crippen molar-refractivity contribution >= 4 is 21.8 Å². The molecule has 3 rings (SSSR count). The van der Waals surface area contributed by atoms with E-state index in [1.165, 1.54) is 0 Å². The van der Waals surface area contributed by atoms with Crippen molar-refractivity contribution in [2.75, 3.05) is 0 Å². The maximum atomic E-state index is 11.8. The molecule has 1 aliphatic heterocycles. The van der Waals surface area contributed by atoms with Gasteiger partial charge in [0.15, 0.2) is 0 Å². The van der Waals surface area contributed by atoms with Gasteiger partial charge >= 0.3 is 0 Å². The molecule has 1 aliphatic rings. The van der Waals surface area contributed by atoms with Crippen LogP contribution >= 0.6 is 15.9 Å². The SMILES string of the molecule is O=C1CCCCCC(c2ncc(-c3ccc(Br)cc3)[nH]2)N1. The Hall–Kier alpha value is -1.62. The van der Waals surface area contributed by atoms with Crippen molar-refractivity contribution in [3.63, 3.8) is 0 Å². The Labute approximate surface area is 132 Å². The number of hydrogen-bond donors (Lipinski definition) is 2. The fourth-order valence-electron chi connectivity index (χ4n) is 2.64. The van der Waals surface area contributed by atoms with Gasteiger partial charge in [-0.25, -0.2) is 4.98 Å². The largest absolute Gasteiger partial charge is 0.346 e. The first kappa shape index (κ1) is 14.3. The third-order valence-corrected chi connectivity index (χ3v) is 4.34. The summed E-state index contributed by atoms with van der Waals surface area (Å²) in [6.45, 7) is 0. The van der Waals surface area contributed by atoms with Crippen LogP contribution in [0.4, 0.5) is 0 Å². The number of halogens is 1. The van der Waals surface area contributed by atoms with Crippen molar-refractivity contribution < 1.29 is 4.79 Å². The average Bonchev–Trinajstić information content (AvgIpc) is 2.93. The molecule has 2 heterocycles. The number of benzene rings is 1. The summed E-state index contributed by atoms with van der Waals surface area (Å²) in [5, 5.41) is 3.07. The van der Waals surface area contributed by atoms with Gasteiger partial charge in [0.1, 0.15) is 5.82 Å². The number of carbonyl (C=O) groups is 1. The van der Waals surface area contributed by atoms with Crippen molar-refractivity contribution in [3.05, 3.63) is 40.8 Å². The van der Waals surface area contributed by atoms with E-state index < -0.39 is 0 Å². The van der Waals surface area contributed by atoms with Gasteiger partial charge in [-0.05, 0) is 30.5 Å². The summed E-state index contributed by atoms with van der Waals surface area (Å²) >= 11 is 3.44. The summed E-state index contributed by atoms with van der Waals surface area (Å²) in [4.78, 5) is 19.6. The normalized spacial score (nSPS) is 19.7. The predicted octanol–water partition coefficient (Wildman–Crippen LogP) is 3.96. The summed E-state index contributed by atoms with van der Waals surface area (Å²) in [6.07, 6.45) is 6.63. The Morgan fingerprint density at radius 2 is 1.95 bits per heavy atom. The minimum atomic E-state index is 0.00185. The van der Waals surface area contributed by atoms with Crippen molar-refractivity contribution in [2.45, 2.75) is 38.1 Å². The van der Waals surface area contributed by atoms with Crippen LogP contribution in [0.25, 0.3) is 11.3 Å². The summed E-state index contributed by atoms with van der Waals surface area (Å²) in [6, 6.07) is 8.10. The van der Waals surface area contributed by atoms with Gasteiger partial charge in [-0.1, -0.05) is 40.9 Å². The Morgan fingerprint density at radius 3 is 2.76 bits per heavy atom. The van der Waals surface area contributed by atoms with Crippen LogP contribution in [0, 0.1) is 0 Å². The first-order valence-electron chi connectivity index (χ1n) is 7.32. The van der Waals surface area contributed by atoms with Gasteiger partial charge < -0.3 is 10.3 Å². The minimum Gasteiger partial charge on any atom is -0.346 e. The second-order valence-corrected chi connectivity index (χ2v) is 6.32. The van der Waals surface area contributed by atoms with Crippen molar-refractivity contribution in [1.82, 2.24) is 15.3 Å². The van der Waals surface area contributed by atoms with Crippen LogP contribution in [-0.4, -0.2) is 15.9 Å². The number of nitrogens with one attached hydrogen (secondary N) is 2. The van der Waals surface area contributed by atoms with Gasteiger partial charge in [0.05, 0.1) is 17.9 Å². The quantitative estimate of drug-likeness (QED) is 0.863. The minimum absolute atomic E-state index is 0.00185. The summed E-state index contributed by atoms with van der Waals surface area (Å²) < 4.78 is 1.05. The van der Waals surface area contributed by atoms with Gasteiger partial charge in [-0.2, -0.15) is 0 Å². The van der Waals surface area contributed by atoms with Crippen LogP contribution in [0.3, 0.4) is 0 Å². The van der Waals surface area contributed by atoms with Gasteiger partial charge in [0, 0.05) is 10.9 Å². The standard InChI is InChI=1S/C16H18BrN3O/c17-12-8-6-11(7-9-12)14-10-18-16(20-14)13-4-2-1-3-5-15(21)19-13/h6-10,13H,1-5H2,(H,18,20)(H,19,21). The van der Waals surface area contributed by atoms with E-state index in [4.69, 9.17) is 0 Å².